The fourth-order valence-corrected chi connectivity index (χ4v) is 5.84. The number of aliphatic hydroxyl groups excluding tert-OH is 1. The first-order valence-corrected chi connectivity index (χ1v) is 8.72. The van der Waals surface area contributed by atoms with E-state index in [-0.39, 0.29) is 29.8 Å². The summed E-state index contributed by atoms with van der Waals surface area (Å²) in [6.45, 7) is 2.36. The second-order valence-corrected chi connectivity index (χ2v) is 7.87. The summed E-state index contributed by atoms with van der Waals surface area (Å²) in [6, 6.07) is 0. The molecule has 0 amide bonds. The highest BCUT2D eigenvalue weighted by Gasteiger charge is 2.59. The average molecular weight is 308 g/mol. The van der Waals surface area contributed by atoms with Crippen LogP contribution in [-0.4, -0.2) is 30.6 Å². The van der Waals surface area contributed by atoms with E-state index < -0.39 is 0 Å². The largest absolute Gasteiger partial charge is 0.469 e. The summed E-state index contributed by atoms with van der Waals surface area (Å²) >= 11 is 0. The molecule has 124 valence electrons. The molecule has 4 nitrogen and oxygen atoms in total. The number of rotatable bonds is 3. The molecule has 0 aromatic rings. The van der Waals surface area contributed by atoms with E-state index in [2.05, 4.69) is 6.92 Å². The van der Waals surface area contributed by atoms with Gasteiger partial charge in [0.05, 0.1) is 13.0 Å². The van der Waals surface area contributed by atoms with Gasteiger partial charge in [0.1, 0.15) is 5.78 Å². The molecule has 1 N–H and O–H groups in total. The predicted octanol–water partition coefficient (Wildman–Crippen LogP) is 2.58. The molecule has 0 bridgehead atoms. The van der Waals surface area contributed by atoms with Gasteiger partial charge in [0.15, 0.2) is 0 Å². The zero-order chi connectivity index (χ0) is 15.9. The number of carbonyl (C=O) groups is 2. The smallest absolute Gasteiger partial charge is 0.309 e. The number of hydrogen-bond donors (Lipinski definition) is 1. The van der Waals surface area contributed by atoms with Crippen molar-refractivity contribution < 1.29 is 19.4 Å². The summed E-state index contributed by atoms with van der Waals surface area (Å²) < 4.78 is 4.99. The first-order chi connectivity index (χ1) is 10.5. The van der Waals surface area contributed by atoms with Crippen LogP contribution in [0.1, 0.15) is 51.9 Å². The zero-order valence-electron chi connectivity index (χ0n) is 13.7. The van der Waals surface area contributed by atoms with Crippen LogP contribution in [0.2, 0.25) is 0 Å². The van der Waals surface area contributed by atoms with Crippen molar-refractivity contribution in [2.24, 2.45) is 35.0 Å². The fourth-order valence-electron chi connectivity index (χ4n) is 5.84. The number of fused-ring (bicyclic) bond motifs is 3. The first kappa shape index (κ1) is 16.0. The van der Waals surface area contributed by atoms with Gasteiger partial charge in [-0.3, -0.25) is 9.59 Å². The Balaban J connectivity index is 1.81. The van der Waals surface area contributed by atoms with E-state index in [0.29, 0.717) is 30.0 Å². The van der Waals surface area contributed by atoms with Crippen LogP contribution in [0, 0.1) is 35.0 Å². The lowest BCUT2D eigenvalue weighted by molar-refractivity contribution is -0.155. The molecule has 3 saturated carbocycles. The molecule has 0 aliphatic heterocycles. The SMILES string of the molecule is COC(=O)[C@@H]1CC[C@H]2[C@@H]3CC[C@@H](CCO)C[C@H]3C(=O)C[C@]12C. The van der Waals surface area contributed by atoms with Crippen LogP contribution in [0.25, 0.3) is 0 Å². The molecule has 3 aliphatic rings. The summed E-state index contributed by atoms with van der Waals surface area (Å²) in [5, 5.41) is 9.16. The van der Waals surface area contributed by atoms with Crippen molar-refractivity contribution in [1.82, 2.24) is 0 Å². The number of aliphatic hydroxyl groups is 1. The third-order valence-corrected chi connectivity index (χ3v) is 6.93. The van der Waals surface area contributed by atoms with E-state index in [4.69, 9.17) is 9.84 Å². The van der Waals surface area contributed by atoms with Crippen LogP contribution >= 0.6 is 0 Å². The molecule has 0 heterocycles. The predicted molar refractivity (Wildman–Crippen MR) is 82.0 cm³/mol. The Bertz CT molecular complexity index is 460. The van der Waals surface area contributed by atoms with Gasteiger partial charge in [-0.05, 0) is 55.3 Å². The lowest BCUT2D eigenvalue weighted by atomic mass is 9.53. The van der Waals surface area contributed by atoms with Crippen LogP contribution in [0.5, 0.6) is 0 Å². The van der Waals surface area contributed by atoms with Crippen molar-refractivity contribution >= 4 is 11.8 Å². The van der Waals surface area contributed by atoms with Crippen molar-refractivity contribution in [2.75, 3.05) is 13.7 Å². The molecular formula is C18H28O4. The Hall–Kier alpha value is -0.900. The number of ketones is 1. The number of carbonyl (C=O) groups excluding carboxylic acids is 2. The highest BCUT2D eigenvalue weighted by Crippen LogP contribution is 2.61. The van der Waals surface area contributed by atoms with Crippen LogP contribution in [0.3, 0.4) is 0 Å². The van der Waals surface area contributed by atoms with E-state index in [9.17, 15) is 9.59 Å². The minimum atomic E-state index is -0.199. The van der Waals surface area contributed by atoms with Crippen molar-refractivity contribution in [3.8, 4) is 0 Å². The summed E-state index contributed by atoms with van der Waals surface area (Å²) in [4.78, 5) is 24.9. The Kier molecular flexibility index (Phi) is 4.32. The van der Waals surface area contributed by atoms with Gasteiger partial charge in [-0.1, -0.05) is 13.3 Å². The van der Waals surface area contributed by atoms with Crippen molar-refractivity contribution in [3.63, 3.8) is 0 Å². The summed E-state index contributed by atoms with van der Waals surface area (Å²) in [6.07, 6.45) is 6.41. The highest BCUT2D eigenvalue weighted by molar-refractivity contribution is 5.85. The molecule has 0 saturated heterocycles. The summed E-state index contributed by atoms with van der Waals surface area (Å²) in [5.41, 5.74) is -0.199. The van der Waals surface area contributed by atoms with E-state index in [1.807, 2.05) is 0 Å². The van der Waals surface area contributed by atoms with Gasteiger partial charge >= 0.3 is 5.97 Å². The summed E-state index contributed by atoms with van der Waals surface area (Å²) in [7, 11) is 1.45. The maximum Gasteiger partial charge on any atom is 0.309 e. The second kappa shape index (κ2) is 5.95. The van der Waals surface area contributed by atoms with Gasteiger partial charge in [0, 0.05) is 18.9 Å². The monoisotopic (exact) mass is 308 g/mol. The van der Waals surface area contributed by atoms with Crippen molar-refractivity contribution in [2.45, 2.75) is 51.9 Å². The van der Waals surface area contributed by atoms with Gasteiger partial charge in [0.25, 0.3) is 0 Å². The van der Waals surface area contributed by atoms with E-state index in [0.717, 1.165) is 38.5 Å². The van der Waals surface area contributed by atoms with Gasteiger partial charge < -0.3 is 9.84 Å². The molecular weight excluding hydrogens is 280 g/mol. The molecule has 3 aliphatic carbocycles. The lowest BCUT2D eigenvalue weighted by Gasteiger charge is -2.50. The Morgan fingerprint density at radius 1 is 1.32 bits per heavy atom. The van der Waals surface area contributed by atoms with E-state index in [1.165, 1.54) is 7.11 Å². The van der Waals surface area contributed by atoms with Crippen LogP contribution < -0.4 is 0 Å². The molecule has 0 spiro atoms. The average Bonchev–Trinajstić information content (AvgIpc) is 2.84. The number of methoxy groups -OCH3 is 1. The maximum absolute atomic E-state index is 12.8. The molecule has 0 aromatic carbocycles. The Morgan fingerprint density at radius 2 is 2.09 bits per heavy atom. The topological polar surface area (TPSA) is 63.6 Å². The number of hydrogen-bond acceptors (Lipinski definition) is 4. The molecule has 4 heteroatoms. The normalized spacial score (nSPS) is 44.3. The number of Topliss-reactive ketones (excluding diaryl/α,β-unsaturated/α-hetero) is 1. The Labute approximate surface area is 132 Å². The third kappa shape index (κ3) is 2.40. The van der Waals surface area contributed by atoms with E-state index >= 15 is 0 Å². The summed E-state index contributed by atoms with van der Waals surface area (Å²) in [5.74, 6) is 1.69. The lowest BCUT2D eigenvalue weighted by Crippen LogP contribution is -2.49. The van der Waals surface area contributed by atoms with Crippen LogP contribution in [0.4, 0.5) is 0 Å². The number of ether oxygens (including phenoxy) is 1. The highest BCUT2D eigenvalue weighted by atomic mass is 16.5. The molecule has 0 unspecified atom stereocenters. The number of esters is 1. The van der Waals surface area contributed by atoms with Gasteiger partial charge in [-0.15, -0.1) is 0 Å². The molecule has 6 atom stereocenters. The van der Waals surface area contributed by atoms with Gasteiger partial charge in [-0.2, -0.15) is 0 Å². The van der Waals surface area contributed by atoms with E-state index in [1.54, 1.807) is 0 Å². The van der Waals surface area contributed by atoms with Crippen LogP contribution in [-0.2, 0) is 14.3 Å². The first-order valence-electron chi connectivity index (χ1n) is 8.72. The minimum Gasteiger partial charge on any atom is -0.469 e. The minimum absolute atomic E-state index is 0.109. The maximum atomic E-state index is 12.8. The molecule has 0 aromatic heterocycles. The van der Waals surface area contributed by atoms with Gasteiger partial charge in [0.2, 0.25) is 0 Å². The zero-order valence-corrected chi connectivity index (χ0v) is 13.7. The third-order valence-electron chi connectivity index (χ3n) is 6.93. The standard InChI is InChI=1S/C18H28O4/c1-18-10-16(20)13-9-11(7-8-19)3-4-12(13)14(18)5-6-15(18)17(21)22-2/h11-15,19H,3-10H2,1-2H3/t11-,12+,13+,14-,15-,18-/m0/s1. The molecule has 22 heavy (non-hydrogen) atoms. The Morgan fingerprint density at radius 3 is 2.77 bits per heavy atom. The van der Waals surface area contributed by atoms with Gasteiger partial charge in [-0.25, -0.2) is 0 Å². The van der Waals surface area contributed by atoms with Crippen molar-refractivity contribution in [1.29, 1.82) is 0 Å². The molecule has 3 rings (SSSR count). The second-order valence-electron chi connectivity index (χ2n) is 7.87. The van der Waals surface area contributed by atoms with Crippen molar-refractivity contribution in [3.05, 3.63) is 0 Å². The fraction of sp³-hybridized carbons (Fsp3) is 0.889. The molecule has 0 radical (unpaired) electrons. The quantitative estimate of drug-likeness (QED) is 0.814. The van der Waals surface area contributed by atoms with Crippen LogP contribution in [0.15, 0.2) is 0 Å². The molecule has 3 fully saturated rings.